The molecule has 0 radical (unpaired) electrons. The molecule has 3 saturated heterocycles. The molecule has 2 unspecified atom stereocenters. The van der Waals surface area contributed by atoms with E-state index >= 15 is 0 Å². The predicted molar refractivity (Wildman–Crippen MR) is 72.9 cm³/mol. The molecule has 0 saturated carbocycles. The fourth-order valence-electron chi connectivity index (χ4n) is 3.52. The van der Waals surface area contributed by atoms with Crippen molar-refractivity contribution in [2.24, 2.45) is 0 Å². The van der Waals surface area contributed by atoms with Gasteiger partial charge in [-0.3, -0.25) is 4.90 Å². The Morgan fingerprint density at radius 2 is 2.00 bits per heavy atom. The molecule has 0 bridgehead atoms. The van der Waals surface area contributed by atoms with E-state index in [1.807, 2.05) is 0 Å². The van der Waals surface area contributed by atoms with Crippen LogP contribution in [0.5, 0.6) is 0 Å². The Balaban J connectivity index is 1.29. The third-order valence-corrected chi connectivity index (χ3v) is 4.64. The van der Waals surface area contributed by atoms with Crippen LogP contribution in [0.3, 0.4) is 0 Å². The van der Waals surface area contributed by atoms with E-state index in [9.17, 15) is 0 Å². The fourth-order valence-corrected chi connectivity index (χ4v) is 3.52. The van der Waals surface area contributed by atoms with Crippen molar-refractivity contribution in [1.82, 2.24) is 15.1 Å². The van der Waals surface area contributed by atoms with Crippen LogP contribution in [-0.2, 0) is 4.74 Å². The Bertz CT molecular complexity index is 255. The number of nitrogens with zero attached hydrogens (tertiary/aromatic N) is 2. The normalized spacial score (nSPS) is 34.0. The quantitative estimate of drug-likeness (QED) is 0.724. The van der Waals surface area contributed by atoms with Gasteiger partial charge in [0.25, 0.3) is 0 Å². The molecule has 0 aromatic rings. The minimum atomic E-state index is 0.415. The molecule has 0 aromatic carbocycles. The molecule has 18 heavy (non-hydrogen) atoms. The van der Waals surface area contributed by atoms with Crippen molar-refractivity contribution in [2.75, 3.05) is 52.4 Å². The lowest BCUT2D eigenvalue weighted by Crippen LogP contribution is -2.49. The Hall–Kier alpha value is -0.160. The number of nitrogens with one attached hydrogen (secondary N) is 1. The number of morpholine rings is 1. The smallest absolute Gasteiger partial charge is 0.0827 e. The summed E-state index contributed by atoms with van der Waals surface area (Å²) in [7, 11) is 0. The van der Waals surface area contributed by atoms with E-state index in [0.29, 0.717) is 6.10 Å². The number of fused-ring (bicyclic) bond motifs is 1. The average Bonchev–Trinajstić information content (AvgIpc) is 3.05. The van der Waals surface area contributed by atoms with E-state index in [2.05, 4.69) is 15.1 Å². The van der Waals surface area contributed by atoms with Gasteiger partial charge in [0.2, 0.25) is 0 Å². The average molecular weight is 253 g/mol. The highest BCUT2D eigenvalue weighted by atomic mass is 16.5. The maximum Gasteiger partial charge on any atom is 0.0827 e. The lowest BCUT2D eigenvalue weighted by Gasteiger charge is -2.35. The van der Waals surface area contributed by atoms with E-state index in [0.717, 1.165) is 32.3 Å². The third kappa shape index (κ3) is 3.23. The Morgan fingerprint density at radius 3 is 2.89 bits per heavy atom. The van der Waals surface area contributed by atoms with Crippen molar-refractivity contribution in [2.45, 2.75) is 37.8 Å². The van der Waals surface area contributed by atoms with Gasteiger partial charge in [-0.05, 0) is 45.3 Å². The molecular weight excluding hydrogens is 226 g/mol. The number of rotatable bonds is 5. The Kier molecular flexibility index (Phi) is 4.52. The van der Waals surface area contributed by atoms with Crippen LogP contribution in [0.15, 0.2) is 0 Å². The van der Waals surface area contributed by atoms with Crippen LogP contribution in [0.4, 0.5) is 0 Å². The summed E-state index contributed by atoms with van der Waals surface area (Å²) in [6.45, 7) is 9.34. The minimum Gasteiger partial charge on any atom is -0.374 e. The van der Waals surface area contributed by atoms with E-state index in [1.165, 1.54) is 51.9 Å². The van der Waals surface area contributed by atoms with Crippen LogP contribution in [0.25, 0.3) is 0 Å². The van der Waals surface area contributed by atoms with Crippen LogP contribution in [0, 0.1) is 0 Å². The standard InChI is InChI=1S/C14H27N3O/c1-2-7-16(6-1)9-5-15-10-14-11-17-8-3-4-13(17)12-18-14/h13-15H,1-12H2. The van der Waals surface area contributed by atoms with Crippen molar-refractivity contribution in [3.63, 3.8) is 0 Å². The molecule has 0 amide bonds. The van der Waals surface area contributed by atoms with Gasteiger partial charge in [-0.15, -0.1) is 0 Å². The first-order chi connectivity index (χ1) is 8.92. The second-order valence-corrected chi connectivity index (χ2v) is 6.00. The molecule has 1 N–H and O–H groups in total. The number of ether oxygens (including phenoxy) is 1. The number of likely N-dealkylation sites (tertiary alicyclic amines) is 1. The van der Waals surface area contributed by atoms with E-state index in [-0.39, 0.29) is 0 Å². The highest BCUT2D eigenvalue weighted by molar-refractivity contribution is 4.85. The zero-order valence-corrected chi connectivity index (χ0v) is 11.4. The van der Waals surface area contributed by atoms with Crippen LogP contribution in [0.2, 0.25) is 0 Å². The molecule has 4 nitrogen and oxygen atoms in total. The molecule has 0 spiro atoms. The molecule has 3 aliphatic heterocycles. The van der Waals surface area contributed by atoms with Crippen LogP contribution < -0.4 is 5.32 Å². The summed E-state index contributed by atoms with van der Waals surface area (Å²) in [5, 5.41) is 3.57. The summed E-state index contributed by atoms with van der Waals surface area (Å²) in [6.07, 6.45) is 5.90. The van der Waals surface area contributed by atoms with Gasteiger partial charge in [-0.1, -0.05) is 0 Å². The molecule has 2 atom stereocenters. The van der Waals surface area contributed by atoms with Crippen molar-refractivity contribution < 1.29 is 4.74 Å². The highest BCUT2D eigenvalue weighted by Gasteiger charge is 2.31. The van der Waals surface area contributed by atoms with Gasteiger partial charge in [0.05, 0.1) is 12.7 Å². The van der Waals surface area contributed by atoms with Gasteiger partial charge in [0.1, 0.15) is 0 Å². The molecule has 3 rings (SSSR count). The molecule has 104 valence electrons. The first kappa shape index (κ1) is 12.9. The summed E-state index contributed by atoms with van der Waals surface area (Å²) < 4.78 is 5.95. The van der Waals surface area contributed by atoms with Crippen molar-refractivity contribution >= 4 is 0 Å². The monoisotopic (exact) mass is 253 g/mol. The lowest BCUT2D eigenvalue weighted by atomic mass is 10.2. The zero-order chi connectivity index (χ0) is 12.2. The zero-order valence-electron chi connectivity index (χ0n) is 11.4. The molecule has 3 aliphatic rings. The van der Waals surface area contributed by atoms with Crippen LogP contribution in [0.1, 0.15) is 25.7 Å². The maximum absolute atomic E-state index is 5.95. The van der Waals surface area contributed by atoms with Crippen LogP contribution in [-0.4, -0.2) is 74.4 Å². The number of hydrogen-bond donors (Lipinski definition) is 1. The van der Waals surface area contributed by atoms with Crippen LogP contribution >= 0.6 is 0 Å². The summed E-state index contributed by atoms with van der Waals surface area (Å²) >= 11 is 0. The second-order valence-electron chi connectivity index (χ2n) is 6.00. The summed E-state index contributed by atoms with van der Waals surface area (Å²) in [5.74, 6) is 0. The van der Waals surface area contributed by atoms with Gasteiger partial charge in [-0.2, -0.15) is 0 Å². The Labute approximate surface area is 111 Å². The fraction of sp³-hybridized carbons (Fsp3) is 1.00. The van der Waals surface area contributed by atoms with E-state index < -0.39 is 0 Å². The molecule has 3 heterocycles. The lowest BCUT2D eigenvalue weighted by molar-refractivity contribution is -0.0469. The largest absolute Gasteiger partial charge is 0.374 e. The highest BCUT2D eigenvalue weighted by Crippen LogP contribution is 2.22. The SMILES string of the molecule is C1CCN(CCNCC2CN3CCCC3CO2)C1. The van der Waals surface area contributed by atoms with Gasteiger partial charge in [-0.25, -0.2) is 0 Å². The first-order valence-electron chi connectivity index (χ1n) is 7.70. The first-order valence-corrected chi connectivity index (χ1v) is 7.70. The van der Waals surface area contributed by atoms with Crippen molar-refractivity contribution in [3.8, 4) is 0 Å². The molecule has 4 heteroatoms. The van der Waals surface area contributed by atoms with Gasteiger partial charge >= 0.3 is 0 Å². The summed E-state index contributed by atoms with van der Waals surface area (Å²) in [6, 6.07) is 0.728. The van der Waals surface area contributed by atoms with Gasteiger partial charge in [0.15, 0.2) is 0 Å². The molecule has 0 aliphatic carbocycles. The Morgan fingerprint density at radius 1 is 1.11 bits per heavy atom. The summed E-state index contributed by atoms with van der Waals surface area (Å²) in [5.41, 5.74) is 0. The minimum absolute atomic E-state index is 0.415. The van der Waals surface area contributed by atoms with E-state index in [4.69, 9.17) is 4.74 Å². The number of hydrogen-bond acceptors (Lipinski definition) is 4. The molecular formula is C14H27N3O. The summed E-state index contributed by atoms with van der Waals surface area (Å²) in [4.78, 5) is 5.18. The third-order valence-electron chi connectivity index (χ3n) is 4.64. The maximum atomic E-state index is 5.95. The molecule has 0 aromatic heterocycles. The van der Waals surface area contributed by atoms with Gasteiger partial charge in [0, 0.05) is 32.2 Å². The predicted octanol–water partition coefficient (Wildman–Crippen LogP) is 0.535. The molecule has 3 fully saturated rings. The van der Waals surface area contributed by atoms with E-state index in [1.54, 1.807) is 0 Å². The second kappa shape index (κ2) is 6.33. The topological polar surface area (TPSA) is 27.7 Å². The van der Waals surface area contributed by atoms with Crippen molar-refractivity contribution in [1.29, 1.82) is 0 Å². The van der Waals surface area contributed by atoms with Gasteiger partial charge < -0.3 is 15.0 Å². The van der Waals surface area contributed by atoms with Crippen molar-refractivity contribution in [3.05, 3.63) is 0 Å².